The van der Waals surface area contributed by atoms with Crippen molar-refractivity contribution >= 4 is 39.1 Å². The second-order valence-corrected chi connectivity index (χ2v) is 11.2. The van der Waals surface area contributed by atoms with Gasteiger partial charge in [0.25, 0.3) is 10.0 Å². The summed E-state index contributed by atoms with van der Waals surface area (Å²) in [5.74, 6) is 1.29. The lowest BCUT2D eigenvalue weighted by atomic mass is 10.2. The number of benzene rings is 4. The van der Waals surface area contributed by atoms with Gasteiger partial charge < -0.3 is 10.1 Å². The predicted molar refractivity (Wildman–Crippen MR) is 145 cm³/mol. The van der Waals surface area contributed by atoms with Gasteiger partial charge in [-0.25, -0.2) is 8.42 Å². The molecule has 0 saturated heterocycles. The van der Waals surface area contributed by atoms with Crippen LogP contribution in [0.1, 0.15) is 12.5 Å². The van der Waals surface area contributed by atoms with Crippen molar-refractivity contribution < 1.29 is 17.9 Å². The highest BCUT2D eigenvalue weighted by Crippen LogP contribution is 2.27. The van der Waals surface area contributed by atoms with Gasteiger partial charge in [-0.15, -0.1) is 11.8 Å². The van der Waals surface area contributed by atoms with Crippen LogP contribution >= 0.6 is 11.8 Å². The lowest BCUT2D eigenvalue weighted by Gasteiger charge is -2.13. The molecule has 0 fully saturated rings. The number of sulfonamides is 1. The zero-order chi connectivity index (χ0) is 25.5. The summed E-state index contributed by atoms with van der Waals surface area (Å²) >= 11 is 1.39. The van der Waals surface area contributed by atoms with Crippen LogP contribution in [-0.4, -0.2) is 19.6 Å². The van der Waals surface area contributed by atoms with E-state index in [0.29, 0.717) is 17.1 Å². The first-order valence-corrected chi connectivity index (χ1v) is 13.6. The Morgan fingerprint density at radius 3 is 2.00 bits per heavy atom. The molecular weight excluding hydrogens is 492 g/mol. The number of rotatable bonds is 9. The molecule has 4 rings (SSSR count). The molecule has 1 atom stereocenters. The number of thioether (sulfide) groups is 1. The molecule has 0 heterocycles. The Hall–Kier alpha value is -3.75. The Kier molecular flexibility index (Phi) is 7.97. The van der Waals surface area contributed by atoms with Gasteiger partial charge in [-0.3, -0.25) is 9.52 Å². The summed E-state index contributed by atoms with van der Waals surface area (Å²) in [6.07, 6.45) is 0. The third kappa shape index (κ3) is 6.90. The summed E-state index contributed by atoms with van der Waals surface area (Å²) < 4.78 is 33.5. The van der Waals surface area contributed by atoms with E-state index in [0.717, 1.165) is 16.2 Å². The van der Waals surface area contributed by atoms with Crippen LogP contribution in [0.3, 0.4) is 0 Å². The van der Waals surface area contributed by atoms with Gasteiger partial charge in [0.15, 0.2) is 0 Å². The van der Waals surface area contributed by atoms with Gasteiger partial charge in [0.1, 0.15) is 11.5 Å². The average molecular weight is 519 g/mol. The van der Waals surface area contributed by atoms with Crippen molar-refractivity contribution in [1.29, 1.82) is 0 Å². The molecule has 36 heavy (non-hydrogen) atoms. The van der Waals surface area contributed by atoms with Gasteiger partial charge in [0.05, 0.1) is 10.1 Å². The van der Waals surface area contributed by atoms with Crippen LogP contribution in [0.2, 0.25) is 0 Å². The third-order valence-corrected chi connectivity index (χ3v) is 7.73. The molecule has 4 aromatic rings. The number of para-hydroxylation sites is 1. The average Bonchev–Trinajstić information content (AvgIpc) is 2.87. The van der Waals surface area contributed by atoms with E-state index < -0.39 is 10.0 Å². The molecule has 0 radical (unpaired) electrons. The van der Waals surface area contributed by atoms with Crippen LogP contribution in [0.25, 0.3) is 0 Å². The second-order valence-electron chi connectivity index (χ2n) is 8.13. The Morgan fingerprint density at radius 2 is 1.36 bits per heavy atom. The monoisotopic (exact) mass is 518 g/mol. The van der Waals surface area contributed by atoms with Gasteiger partial charge in [-0.05, 0) is 86.6 Å². The number of ether oxygens (including phenoxy) is 1. The maximum absolute atomic E-state index is 12.7. The fourth-order valence-corrected chi connectivity index (χ4v) is 5.19. The summed E-state index contributed by atoms with van der Waals surface area (Å²) in [6, 6.07) is 30.3. The first-order chi connectivity index (χ1) is 17.3. The van der Waals surface area contributed by atoms with Gasteiger partial charge in [-0.1, -0.05) is 35.9 Å². The van der Waals surface area contributed by atoms with E-state index in [1.54, 1.807) is 72.8 Å². The number of aryl methyl sites for hydroxylation is 1. The number of hydrogen-bond donors (Lipinski definition) is 2. The van der Waals surface area contributed by atoms with Gasteiger partial charge >= 0.3 is 0 Å². The topological polar surface area (TPSA) is 84.5 Å². The van der Waals surface area contributed by atoms with Crippen LogP contribution in [0, 0.1) is 6.92 Å². The van der Waals surface area contributed by atoms with Crippen molar-refractivity contribution in [2.45, 2.75) is 28.9 Å². The predicted octanol–water partition coefficient (Wildman–Crippen LogP) is 6.71. The Bertz CT molecular complexity index is 1410. The molecule has 4 aromatic carbocycles. The summed E-state index contributed by atoms with van der Waals surface area (Å²) in [6.45, 7) is 3.72. The van der Waals surface area contributed by atoms with Crippen molar-refractivity contribution in [3.63, 3.8) is 0 Å². The Morgan fingerprint density at radius 1 is 0.778 bits per heavy atom. The molecule has 0 aliphatic carbocycles. The van der Waals surface area contributed by atoms with Crippen molar-refractivity contribution in [3.8, 4) is 11.5 Å². The van der Waals surface area contributed by atoms with E-state index in [1.165, 1.54) is 11.8 Å². The highest BCUT2D eigenvalue weighted by atomic mass is 32.2. The number of amides is 1. The first kappa shape index (κ1) is 25.3. The fourth-order valence-electron chi connectivity index (χ4n) is 3.27. The maximum atomic E-state index is 12.7. The smallest absolute Gasteiger partial charge is 0.261 e. The van der Waals surface area contributed by atoms with Gasteiger partial charge in [-0.2, -0.15) is 0 Å². The number of carbonyl (C=O) groups is 1. The van der Waals surface area contributed by atoms with Crippen LogP contribution in [0.4, 0.5) is 11.4 Å². The molecule has 2 N–H and O–H groups in total. The normalized spacial score (nSPS) is 11.9. The fraction of sp³-hybridized carbons (Fsp3) is 0.107. The van der Waals surface area contributed by atoms with E-state index in [1.807, 2.05) is 44.2 Å². The van der Waals surface area contributed by atoms with Crippen LogP contribution in [0.5, 0.6) is 11.5 Å². The maximum Gasteiger partial charge on any atom is 0.261 e. The summed E-state index contributed by atoms with van der Waals surface area (Å²) in [7, 11) is -3.66. The minimum Gasteiger partial charge on any atom is -0.457 e. The molecule has 0 aliphatic heterocycles. The van der Waals surface area contributed by atoms with E-state index in [-0.39, 0.29) is 16.1 Å². The molecule has 1 amide bonds. The van der Waals surface area contributed by atoms with Gasteiger partial charge in [0, 0.05) is 16.3 Å². The van der Waals surface area contributed by atoms with Crippen molar-refractivity contribution in [1.82, 2.24) is 0 Å². The molecule has 8 heteroatoms. The number of carbonyl (C=O) groups excluding carboxylic acids is 1. The SMILES string of the molecule is Cc1ccc(S(=O)(=O)Nc2ccc(SC(C)C(=O)Nc3ccc(Oc4ccccc4)cc3)cc2)cc1. The minimum absolute atomic E-state index is 0.138. The Balaban J connectivity index is 1.30. The second kappa shape index (κ2) is 11.3. The number of nitrogens with one attached hydrogen (secondary N) is 2. The standard InChI is InChI=1S/C28H26N2O4S2/c1-20-8-18-27(19-9-20)36(32,33)30-23-12-16-26(17-13-23)35-21(2)28(31)29-22-10-14-25(15-11-22)34-24-6-4-3-5-7-24/h3-19,21,30H,1-2H3,(H,29,31). The highest BCUT2D eigenvalue weighted by Gasteiger charge is 2.16. The molecule has 0 aromatic heterocycles. The van der Waals surface area contributed by atoms with Crippen molar-refractivity contribution in [2.75, 3.05) is 10.0 Å². The molecule has 6 nitrogen and oxygen atoms in total. The van der Waals surface area contributed by atoms with E-state index in [4.69, 9.17) is 4.74 Å². The van der Waals surface area contributed by atoms with E-state index in [2.05, 4.69) is 10.0 Å². The third-order valence-electron chi connectivity index (χ3n) is 5.22. The quantitative estimate of drug-likeness (QED) is 0.241. The summed E-state index contributed by atoms with van der Waals surface area (Å²) in [4.78, 5) is 13.7. The number of hydrogen-bond acceptors (Lipinski definition) is 5. The first-order valence-electron chi connectivity index (χ1n) is 11.3. The van der Waals surface area contributed by atoms with Crippen LogP contribution in [-0.2, 0) is 14.8 Å². The largest absolute Gasteiger partial charge is 0.457 e. The molecular formula is C28H26N2O4S2. The van der Waals surface area contributed by atoms with E-state index in [9.17, 15) is 13.2 Å². The van der Waals surface area contributed by atoms with Crippen LogP contribution in [0.15, 0.2) is 113 Å². The van der Waals surface area contributed by atoms with Crippen LogP contribution < -0.4 is 14.8 Å². The summed E-state index contributed by atoms with van der Waals surface area (Å²) in [5, 5.41) is 2.55. The molecule has 0 bridgehead atoms. The van der Waals surface area contributed by atoms with Crippen molar-refractivity contribution in [2.24, 2.45) is 0 Å². The Labute approximate surface area is 215 Å². The minimum atomic E-state index is -3.66. The molecule has 184 valence electrons. The van der Waals surface area contributed by atoms with Crippen molar-refractivity contribution in [3.05, 3.63) is 109 Å². The molecule has 0 aliphatic rings. The lowest BCUT2D eigenvalue weighted by molar-refractivity contribution is -0.115. The van der Waals surface area contributed by atoms with E-state index >= 15 is 0 Å². The molecule has 1 unspecified atom stereocenters. The highest BCUT2D eigenvalue weighted by molar-refractivity contribution is 8.00. The lowest BCUT2D eigenvalue weighted by Crippen LogP contribution is -2.22. The molecule has 0 saturated carbocycles. The number of anilines is 2. The zero-order valence-corrected chi connectivity index (χ0v) is 21.5. The summed E-state index contributed by atoms with van der Waals surface area (Å²) in [5.41, 5.74) is 2.12. The molecule has 0 spiro atoms. The zero-order valence-electron chi connectivity index (χ0n) is 19.8. The van der Waals surface area contributed by atoms with Gasteiger partial charge in [0.2, 0.25) is 5.91 Å².